The van der Waals surface area contributed by atoms with Crippen LogP contribution in [0.1, 0.15) is 29.3 Å². The van der Waals surface area contributed by atoms with Gasteiger partial charge in [0.2, 0.25) is 0 Å². The van der Waals surface area contributed by atoms with E-state index < -0.39 is 8.07 Å². The Bertz CT molecular complexity index is 1170. The van der Waals surface area contributed by atoms with Gasteiger partial charge in [-0.2, -0.15) is 0 Å². The fourth-order valence-corrected chi connectivity index (χ4v) is 5.67. The first-order chi connectivity index (χ1) is 15.5. The topological polar surface area (TPSA) is 37.3 Å². The van der Waals surface area contributed by atoms with E-state index in [4.69, 9.17) is 9.98 Å². The maximum atomic E-state index is 4.94. The van der Waals surface area contributed by atoms with Gasteiger partial charge in [-0.3, -0.25) is 4.99 Å². The fraction of sp³-hybridized carbons (Fsp3) is 0.143. The maximum absolute atomic E-state index is 4.94. The molecule has 1 N–H and O–H groups in total. The minimum Gasteiger partial charge on any atom is -0.342 e. The molecule has 4 rings (SSSR count). The van der Waals surface area contributed by atoms with Crippen molar-refractivity contribution in [3.8, 4) is 0 Å². The molecule has 0 saturated heterocycles. The lowest BCUT2D eigenvalue weighted by Crippen LogP contribution is -2.17. The molecule has 160 valence electrons. The molecule has 3 nitrogen and oxygen atoms in total. The number of pyridine rings is 1. The first kappa shape index (κ1) is 21.9. The lowest BCUT2D eigenvalue weighted by molar-refractivity contribution is 1.25. The summed E-state index contributed by atoms with van der Waals surface area (Å²) in [6.07, 6.45) is 0. The number of hydrogen-bond acceptors (Lipinski definition) is 3. The van der Waals surface area contributed by atoms with Crippen molar-refractivity contribution in [2.75, 3.05) is 5.09 Å². The molecule has 0 aliphatic heterocycles. The van der Waals surface area contributed by atoms with E-state index in [2.05, 4.69) is 98.7 Å². The molecule has 0 atom stereocenters. The smallest absolute Gasteiger partial charge is 0.130 e. The molecule has 4 heteroatoms. The van der Waals surface area contributed by atoms with E-state index >= 15 is 0 Å². The second-order valence-electron chi connectivity index (χ2n) is 7.97. The summed E-state index contributed by atoms with van der Waals surface area (Å²) in [6, 6.07) is 31.6. The Morgan fingerprint density at radius 2 is 1.31 bits per heavy atom. The molecule has 4 aromatic rings. The van der Waals surface area contributed by atoms with Crippen LogP contribution in [0.15, 0.2) is 96.0 Å². The molecular formula is C28H28N3P. The Labute approximate surface area is 192 Å². The summed E-state index contributed by atoms with van der Waals surface area (Å²) in [4.78, 5) is 9.85. The van der Waals surface area contributed by atoms with Gasteiger partial charge in [0.05, 0.1) is 25.2 Å². The van der Waals surface area contributed by atoms with Crippen LogP contribution in [0, 0.1) is 20.8 Å². The van der Waals surface area contributed by atoms with Crippen molar-refractivity contribution in [3.05, 3.63) is 113 Å². The predicted octanol–water partition coefficient (Wildman–Crippen LogP) is 6.61. The van der Waals surface area contributed by atoms with Gasteiger partial charge >= 0.3 is 0 Å². The van der Waals surface area contributed by atoms with Crippen molar-refractivity contribution < 1.29 is 0 Å². The van der Waals surface area contributed by atoms with Crippen LogP contribution < -0.4 is 15.7 Å². The van der Waals surface area contributed by atoms with Crippen molar-refractivity contribution in [1.82, 2.24) is 4.98 Å². The molecule has 3 aromatic carbocycles. The highest BCUT2D eigenvalue weighted by Gasteiger charge is 2.15. The van der Waals surface area contributed by atoms with Crippen LogP contribution in [0.4, 0.5) is 11.5 Å². The number of aromatic nitrogens is 1. The molecule has 32 heavy (non-hydrogen) atoms. The Balaban J connectivity index is 1.66. The van der Waals surface area contributed by atoms with Gasteiger partial charge in [0, 0.05) is 10.6 Å². The zero-order valence-corrected chi connectivity index (χ0v) is 19.9. The predicted molar refractivity (Wildman–Crippen MR) is 139 cm³/mol. The van der Waals surface area contributed by atoms with Crippen molar-refractivity contribution in [3.63, 3.8) is 0 Å². The third kappa shape index (κ3) is 5.12. The monoisotopic (exact) mass is 437 g/mol. The Morgan fingerprint density at radius 3 is 1.88 bits per heavy atom. The second-order valence-corrected chi connectivity index (χ2v) is 9.90. The summed E-state index contributed by atoms with van der Waals surface area (Å²) in [5, 5.41) is 6.22. The number of anilines is 1. The molecule has 1 aromatic heterocycles. The van der Waals surface area contributed by atoms with Gasteiger partial charge < -0.3 is 5.09 Å². The third-order valence-corrected chi connectivity index (χ3v) is 7.37. The summed E-state index contributed by atoms with van der Waals surface area (Å²) in [6.45, 7) is 8.38. The van der Waals surface area contributed by atoms with Gasteiger partial charge in [-0.1, -0.05) is 84.4 Å². The standard InChI is InChI=1S/C28H28N3P/c1-20-18-21(2)28(22(3)19-20)29-23(4)26-16-11-17-27(30-26)31-32(24-12-7-5-8-13-24)25-14-9-6-10-15-25/h5-19H,1-4H3,(H,30,31). The van der Waals surface area contributed by atoms with Crippen molar-refractivity contribution in [1.29, 1.82) is 0 Å². The summed E-state index contributed by atoms with van der Waals surface area (Å²) in [7, 11) is -0.773. The lowest BCUT2D eigenvalue weighted by Gasteiger charge is -2.20. The van der Waals surface area contributed by atoms with E-state index in [1.165, 1.54) is 27.3 Å². The molecule has 0 amide bonds. The number of rotatable bonds is 6. The van der Waals surface area contributed by atoms with E-state index in [0.29, 0.717) is 0 Å². The summed E-state index contributed by atoms with van der Waals surface area (Å²) >= 11 is 0. The van der Waals surface area contributed by atoms with Crippen molar-refractivity contribution >= 4 is 35.9 Å². The molecule has 0 bridgehead atoms. The van der Waals surface area contributed by atoms with Gasteiger partial charge in [0.25, 0.3) is 0 Å². The first-order valence-electron chi connectivity index (χ1n) is 10.8. The largest absolute Gasteiger partial charge is 0.342 e. The second kappa shape index (κ2) is 9.89. The highest BCUT2D eigenvalue weighted by molar-refractivity contribution is 7.74. The van der Waals surface area contributed by atoms with Gasteiger partial charge in [0.1, 0.15) is 5.82 Å². The summed E-state index contributed by atoms with van der Waals surface area (Å²) in [5.74, 6) is 0.855. The highest BCUT2D eigenvalue weighted by atomic mass is 31.1. The van der Waals surface area contributed by atoms with Crippen molar-refractivity contribution in [2.45, 2.75) is 27.7 Å². The molecule has 0 fully saturated rings. The van der Waals surface area contributed by atoms with Gasteiger partial charge in [-0.25, -0.2) is 4.98 Å². The Morgan fingerprint density at radius 1 is 0.750 bits per heavy atom. The molecule has 0 spiro atoms. The number of nitrogens with one attached hydrogen (secondary N) is 1. The average molecular weight is 438 g/mol. The Kier molecular flexibility index (Phi) is 6.78. The average Bonchev–Trinajstić information content (AvgIpc) is 2.81. The molecule has 0 radical (unpaired) electrons. The van der Waals surface area contributed by atoms with E-state index in [9.17, 15) is 0 Å². The van der Waals surface area contributed by atoms with Gasteiger partial charge in [-0.15, -0.1) is 0 Å². The SMILES string of the molecule is CC(=Nc1c(C)cc(C)cc1C)c1cccc(NP(c2ccccc2)c2ccccc2)n1. The number of aryl methyl sites for hydroxylation is 3. The van der Waals surface area contributed by atoms with Crippen LogP contribution >= 0.6 is 8.07 Å². The molecule has 0 saturated carbocycles. The fourth-order valence-electron chi connectivity index (χ4n) is 3.82. The zero-order chi connectivity index (χ0) is 22.5. The summed E-state index contributed by atoms with van der Waals surface area (Å²) in [5.41, 5.74) is 6.46. The normalized spacial score (nSPS) is 11.6. The first-order valence-corrected chi connectivity index (χ1v) is 12.1. The molecule has 1 heterocycles. The molecular weight excluding hydrogens is 409 g/mol. The Hall–Kier alpha value is -3.29. The van der Waals surface area contributed by atoms with E-state index in [-0.39, 0.29) is 0 Å². The minimum absolute atomic E-state index is 0.773. The maximum Gasteiger partial charge on any atom is 0.130 e. The van der Waals surface area contributed by atoms with Crippen LogP contribution in [0.3, 0.4) is 0 Å². The van der Waals surface area contributed by atoms with Gasteiger partial charge in [0.15, 0.2) is 0 Å². The van der Waals surface area contributed by atoms with E-state index in [1.807, 2.05) is 25.1 Å². The quantitative estimate of drug-likeness (QED) is 0.272. The van der Waals surface area contributed by atoms with Crippen LogP contribution in [0.2, 0.25) is 0 Å². The third-order valence-electron chi connectivity index (χ3n) is 5.29. The van der Waals surface area contributed by atoms with Crippen LogP contribution in [-0.4, -0.2) is 10.7 Å². The molecule has 0 unspecified atom stereocenters. The summed E-state index contributed by atoms with van der Waals surface area (Å²) < 4.78 is 0. The van der Waals surface area contributed by atoms with Crippen LogP contribution in [-0.2, 0) is 0 Å². The number of nitrogens with zero attached hydrogens (tertiary/aromatic N) is 2. The van der Waals surface area contributed by atoms with Crippen LogP contribution in [0.5, 0.6) is 0 Å². The van der Waals surface area contributed by atoms with E-state index in [1.54, 1.807) is 0 Å². The number of aliphatic imine (C=N–C) groups is 1. The molecule has 0 aliphatic rings. The van der Waals surface area contributed by atoms with E-state index in [0.717, 1.165) is 22.9 Å². The minimum atomic E-state index is -0.773. The number of benzene rings is 3. The zero-order valence-electron chi connectivity index (χ0n) is 19.0. The van der Waals surface area contributed by atoms with Crippen molar-refractivity contribution in [2.24, 2.45) is 4.99 Å². The highest BCUT2D eigenvalue weighted by Crippen LogP contribution is 2.34. The lowest BCUT2D eigenvalue weighted by atomic mass is 10.1. The number of hydrogen-bond donors (Lipinski definition) is 1. The van der Waals surface area contributed by atoms with Gasteiger partial charge in [-0.05, 0) is 51.0 Å². The molecule has 0 aliphatic carbocycles. The van der Waals surface area contributed by atoms with Crippen LogP contribution in [0.25, 0.3) is 0 Å².